The molecule has 1 unspecified atom stereocenters. The number of piperidine rings is 1. The minimum atomic E-state index is -0.251. The van der Waals surface area contributed by atoms with Gasteiger partial charge in [-0.2, -0.15) is 0 Å². The third-order valence-electron chi connectivity index (χ3n) is 2.33. The van der Waals surface area contributed by atoms with Crippen molar-refractivity contribution in [1.29, 1.82) is 0 Å². The molecule has 0 amide bonds. The lowest BCUT2D eigenvalue weighted by Gasteiger charge is -2.30. The van der Waals surface area contributed by atoms with E-state index in [2.05, 4.69) is 11.5 Å². The van der Waals surface area contributed by atoms with E-state index < -0.39 is 0 Å². The maximum atomic E-state index is 9.17. The van der Waals surface area contributed by atoms with Crippen molar-refractivity contribution in [2.75, 3.05) is 13.1 Å². The predicted molar refractivity (Wildman–Crippen MR) is 50.9 cm³/mol. The van der Waals surface area contributed by atoms with Gasteiger partial charge in [0.1, 0.15) is 0 Å². The van der Waals surface area contributed by atoms with Crippen molar-refractivity contribution in [3.63, 3.8) is 0 Å². The topological polar surface area (TPSA) is 23.5 Å². The maximum absolute atomic E-state index is 9.17. The van der Waals surface area contributed by atoms with E-state index in [0.29, 0.717) is 0 Å². The highest BCUT2D eigenvalue weighted by molar-refractivity contribution is 4.96. The average Bonchev–Trinajstić information content (AvgIpc) is 2.05. The number of rotatable bonds is 3. The zero-order valence-electron chi connectivity index (χ0n) is 7.92. The molecule has 1 atom stereocenters. The second-order valence-corrected chi connectivity index (χ2v) is 3.67. The number of hydrogen-bond acceptors (Lipinski definition) is 2. The van der Waals surface area contributed by atoms with Crippen LogP contribution in [0, 0.1) is 0 Å². The molecule has 1 aliphatic heterocycles. The van der Waals surface area contributed by atoms with Crippen molar-refractivity contribution in [2.45, 2.75) is 38.7 Å². The van der Waals surface area contributed by atoms with Crippen molar-refractivity contribution in [2.24, 2.45) is 0 Å². The molecule has 0 aromatic rings. The smallest absolute Gasteiger partial charge is 0.0566 e. The van der Waals surface area contributed by atoms with Crippen LogP contribution in [0.25, 0.3) is 0 Å². The Morgan fingerprint density at radius 2 is 2.00 bits per heavy atom. The van der Waals surface area contributed by atoms with Gasteiger partial charge in [0.25, 0.3) is 0 Å². The van der Waals surface area contributed by atoms with Crippen molar-refractivity contribution in [1.82, 2.24) is 4.90 Å². The van der Waals surface area contributed by atoms with Gasteiger partial charge in [0.2, 0.25) is 0 Å². The average molecular weight is 169 g/mol. The summed E-state index contributed by atoms with van der Waals surface area (Å²) in [6.07, 6.45) is 4.37. The number of likely N-dealkylation sites (tertiary alicyclic amines) is 1. The predicted octanol–water partition coefficient (Wildman–Crippen LogP) is 1.76. The van der Waals surface area contributed by atoms with E-state index in [9.17, 15) is 0 Å². The van der Waals surface area contributed by atoms with E-state index >= 15 is 0 Å². The largest absolute Gasteiger partial charge is 0.393 e. The van der Waals surface area contributed by atoms with E-state index in [-0.39, 0.29) is 6.10 Å². The van der Waals surface area contributed by atoms with Gasteiger partial charge >= 0.3 is 0 Å². The molecule has 0 saturated carbocycles. The minimum absolute atomic E-state index is 0.251. The van der Waals surface area contributed by atoms with Crippen LogP contribution in [0.1, 0.15) is 32.6 Å². The summed E-state index contributed by atoms with van der Waals surface area (Å²) >= 11 is 0. The molecular weight excluding hydrogens is 150 g/mol. The first-order chi connectivity index (χ1) is 5.70. The molecule has 1 heterocycles. The first kappa shape index (κ1) is 9.59. The molecule has 0 aromatic heterocycles. The number of nitrogens with zero attached hydrogens (tertiary/aromatic N) is 1. The molecule has 1 fully saturated rings. The van der Waals surface area contributed by atoms with Crippen LogP contribution in [-0.2, 0) is 0 Å². The Morgan fingerprint density at radius 3 is 2.50 bits per heavy atom. The molecule has 0 aliphatic carbocycles. The Kier molecular flexibility index (Phi) is 3.60. The second kappa shape index (κ2) is 4.51. The summed E-state index contributed by atoms with van der Waals surface area (Å²) in [5, 5.41) is 9.17. The SMILES string of the molecule is C=C(CC(C)O)N1CCCCC1. The molecule has 12 heavy (non-hydrogen) atoms. The van der Waals surface area contributed by atoms with Crippen LogP contribution in [0.15, 0.2) is 12.3 Å². The number of hydrogen-bond donors (Lipinski definition) is 1. The summed E-state index contributed by atoms with van der Waals surface area (Å²) < 4.78 is 0. The van der Waals surface area contributed by atoms with Crippen LogP contribution >= 0.6 is 0 Å². The third kappa shape index (κ3) is 2.86. The van der Waals surface area contributed by atoms with Crippen molar-refractivity contribution >= 4 is 0 Å². The molecule has 0 bridgehead atoms. The number of aliphatic hydroxyl groups excluding tert-OH is 1. The second-order valence-electron chi connectivity index (χ2n) is 3.67. The molecular formula is C10H19NO. The quantitative estimate of drug-likeness (QED) is 0.696. The standard InChI is InChI=1S/C10H19NO/c1-9(8-10(2)12)11-6-4-3-5-7-11/h10,12H,1,3-8H2,2H3. The van der Waals surface area contributed by atoms with Crippen LogP contribution in [0.2, 0.25) is 0 Å². The van der Waals surface area contributed by atoms with E-state index in [0.717, 1.165) is 25.2 Å². The van der Waals surface area contributed by atoms with Gasteiger partial charge in [-0.3, -0.25) is 0 Å². The third-order valence-corrected chi connectivity index (χ3v) is 2.33. The molecule has 0 aromatic carbocycles. The van der Waals surface area contributed by atoms with Crippen LogP contribution in [0.3, 0.4) is 0 Å². The van der Waals surface area contributed by atoms with Crippen molar-refractivity contribution in [3.8, 4) is 0 Å². The van der Waals surface area contributed by atoms with Gasteiger partial charge < -0.3 is 10.0 Å². The van der Waals surface area contributed by atoms with Crippen LogP contribution < -0.4 is 0 Å². The van der Waals surface area contributed by atoms with Crippen molar-refractivity contribution in [3.05, 3.63) is 12.3 Å². The van der Waals surface area contributed by atoms with Gasteiger partial charge in [0.15, 0.2) is 0 Å². The summed E-state index contributed by atoms with van der Waals surface area (Å²) in [6.45, 7) is 8.06. The Hall–Kier alpha value is -0.500. The lowest BCUT2D eigenvalue weighted by Crippen LogP contribution is -2.29. The maximum Gasteiger partial charge on any atom is 0.0566 e. The first-order valence-electron chi connectivity index (χ1n) is 4.81. The molecule has 70 valence electrons. The molecule has 2 nitrogen and oxygen atoms in total. The van der Waals surface area contributed by atoms with Gasteiger partial charge in [-0.25, -0.2) is 0 Å². The zero-order chi connectivity index (χ0) is 8.97. The Bertz CT molecular complexity index is 148. The normalized spacial score (nSPS) is 20.7. The summed E-state index contributed by atoms with van der Waals surface area (Å²) in [6, 6.07) is 0. The lowest BCUT2D eigenvalue weighted by atomic mass is 10.1. The zero-order valence-corrected chi connectivity index (χ0v) is 7.92. The molecule has 2 heteroatoms. The van der Waals surface area contributed by atoms with E-state index in [1.54, 1.807) is 0 Å². The fraction of sp³-hybridized carbons (Fsp3) is 0.800. The highest BCUT2D eigenvalue weighted by Crippen LogP contribution is 2.16. The van der Waals surface area contributed by atoms with Gasteiger partial charge in [0, 0.05) is 25.2 Å². The molecule has 1 rings (SSSR count). The number of aliphatic hydroxyl groups is 1. The van der Waals surface area contributed by atoms with Crippen LogP contribution in [-0.4, -0.2) is 29.2 Å². The summed E-state index contributed by atoms with van der Waals surface area (Å²) in [7, 11) is 0. The highest BCUT2D eigenvalue weighted by atomic mass is 16.3. The Morgan fingerprint density at radius 1 is 1.42 bits per heavy atom. The van der Waals surface area contributed by atoms with Crippen molar-refractivity contribution < 1.29 is 5.11 Å². The molecule has 0 spiro atoms. The Labute approximate surface area is 74.9 Å². The fourth-order valence-electron chi connectivity index (χ4n) is 1.68. The first-order valence-corrected chi connectivity index (χ1v) is 4.81. The lowest BCUT2D eigenvalue weighted by molar-refractivity contribution is 0.174. The van der Waals surface area contributed by atoms with Crippen LogP contribution in [0.5, 0.6) is 0 Å². The van der Waals surface area contributed by atoms with E-state index in [1.807, 2.05) is 6.92 Å². The van der Waals surface area contributed by atoms with Gasteiger partial charge in [-0.05, 0) is 26.2 Å². The highest BCUT2D eigenvalue weighted by Gasteiger charge is 2.12. The summed E-state index contributed by atoms with van der Waals surface area (Å²) in [5.74, 6) is 0. The van der Waals surface area contributed by atoms with Gasteiger partial charge in [-0.15, -0.1) is 0 Å². The minimum Gasteiger partial charge on any atom is -0.393 e. The monoisotopic (exact) mass is 169 g/mol. The van der Waals surface area contributed by atoms with E-state index in [4.69, 9.17) is 5.11 Å². The molecule has 0 radical (unpaired) electrons. The summed E-state index contributed by atoms with van der Waals surface area (Å²) in [5.41, 5.74) is 1.10. The van der Waals surface area contributed by atoms with E-state index in [1.165, 1.54) is 19.3 Å². The molecule has 1 N–H and O–H groups in total. The molecule has 1 saturated heterocycles. The summed E-state index contributed by atoms with van der Waals surface area (Å²) in [4.78, 5) is 2.30. The molecule has 1 aliphatic rings. The fourth-order valence-corrected chi connectivity index (χ4v) is 1.68. The van der Waals surface area contributed by atoms with Gasteiger partial charge in [0.05, 0.1) is 6.10 Å². The van der Waals surface area contributed by atoms with Crippen LogP contribution in [0.4, 0.5) is 0 Å². The Balaban J connectivity index is 2.30. The van der Waals surface area contributed by atoms with Gasteiger partial charge in [-0.1, -0.05) is 6.58 Å².